The van der Waals surface area contributed by atoms with Crippen molar-refractivity contribution in [2.45, 2.75) is 32.7 Å². The van der Waals surface area contributed by atoms with Gasteiger partial charge in [-0.05, 0) is 55.5 Å². The van der Waals surface area contributed by atoms with Gasteiger partial charge < -0.3 is 20.4 Å². The Balaban J connectivity index is 1.58. The third-order valence-electron chi connectivity index (χ3n) is 6.07. The third-order valence-corrected chi connectivity index (χ3v) is 6.07. The van der Waals surface area contributed by atoms with Crippen molar-refractivity contribution in [3.05, 3.63) is 36.5 Å². The fourth-order valence-electron chi connectivity index (χ4n) is 4.37. The highest BCUT2D eigenvalue weighted by atomic mass is 16.6. The van der Waals surface area contributed by atoms with Gasteiger partial charge in [0.05, 0.1) is 18.5 Å². The van der Waals surface area contributed by atoms with Crippen LogP contribution in [0, 0.1) is 5.92 Å². The first-order valence-electron chi connectivity index (χ1n) is 11.1. The molecule has 0 unspecified atom stereocenters. The summed E-state index contributed by atoms with van der Waals surface area (Å²) in [7, 11) is 0. The summed E-state index contributed by atoms with van der Waals surface area (Å²) in [6.07, 6.45) is 5.21. The molecule has 3 aromatic heterocycles. The number of ether oxygens (including phenoxy) is 1. The lowest BCUT2D eigenvalue weighted by molar-refractivity contribution is 0.252. The van der Waals surface area contributed by atoms with Crippen LogP contribution >= 0.6 is 0 Å². The van der Waals surface area contributed by atoms with Gasteiger partial charge in [0.15, 0.2) is 23.1 Å². The largest absolute Gasteiger partial charge is 0.490 e. The summed E-state index contributed by atoms with van der Waals surface area (Å²) in [5.41, 5.74) is 9.81. The Hall–Kier alpha value is -3.46. The minimum Gasteiger partial charge on any atom is -0.490 e. The molecule has 0 atom stereocenters. The minimum atomic E-state index is 0.206. The van der Waals surface area contributed by atoms with E-state index in [0.29, 0.717) is 36.3 Å². The maximum atomic E-state index is 6.28. The van der Waals surface area contributed by atoms with Crippen LogP contribution in [0.3, 0.4) is 0 Å². The monoisotopic (exact) mass is 433 g/mol. The number of rotatable bonds is 7. The number of imidazole rings is 1. The fourth-order valence-corrected chi connectivity index (χ4v) is 4.37. The Bertz CT molecular complexity index is 1200. The van der Waals surface area contributed by atoms with Crippen molar-refractivity contribution in [1.82, 2.24) is 30.2 Å². The summed E-state index contributed by atoms with van der Waals surface area (Å²) in [5, 5.41) is 11.1. The molecule has 0 saturated carbocycles. The number of hydrogen-bond acceptors (Lipinski definition) is 8. The number of aromatic nitrogens is 5. The van der Waals surface area contributed by atoms with E-state index in [1.807, 2.05) is 34.9 Å². The molecule has 3 N–H and O–H groups in total. The number of anilines is 1. The average Bonchev–Trinajstić information content (AvgIpc) is 3.43. The molecule has 0 aliphatic carbocycles. The lowest BCUT2D eigenvalue weighted by atomic mass is 9.95. The molecule has 1 aliphatic heterocycles. The van der Waals surface area contributed by atoms with Gasteiger partial charge >= 0.3 is 0 Å². The lowest BCUT2D eigenvalue weighted by Crippen LogP contribution is -2.28. The van der Waals surface area contributed by atoms with Gasteiger partial charge in [0, 0.05) is 12.1 Å². The average molecular weight is 434 g/mol. The molecule has 0 amide bonds. The SMILES string of the molecule is CCn1c(-c2nonc2N)nc2c(-c3ccccc3)ncc(OCCC3CCNCC3)c21. The molecule has 1 aromatic carbocycles. The first-order valence-corrected chi connectivity index (χ1v) is 11.1. The summed E-state index contributed by atoms with van der Waals surface area (Å²) in [4.78, 5) is 9.62. The standard InChI is InChI=1S/C23H27N7O2/c1-2-30-21-17(31-13-10-15-8-11-25-12-9-15)14-26-18(16-6-4-3-5-7-16)19(21)27-23(30)20-22(24)29-32-28-20/h3-7,14-15,25H,2,8-13H2,1H3,(H2,24,29). The van der Waals surface area contributed by atoms with E-state index in [1.165, 1.54) is 12.8 Å². The smallest absolute Gasteiger partial charge is 0.199 e. The zero-order valence-electron chi connectivity index (χ0n) is 18.1. The van der Waals surface area contributed by atoms with E-state index in [4.69, 9.17) is 25.1 Å². The molecule has 166 valence electrons. The van der Waals surface area contributed by atoms with E-state index >= 15 is 0 Å². The van der Waals surface area contributed by atoms with E-state index in [0.717, 1.165) is 41.8 Å². The molecule has 32 heavy (non-hydrogen) atoms. The van der Waals surface area contributed by atoms with Gasteiger partial charge in [-0.3, -0.25) is 0 Å². The molecule has 9 nitrogen and oxygen atoms in total. The number of nitrogens with two attached hydrogens (primary N) is 1. The molecule has 4 heterocycles. The second-order valence-electron chi connectivity index (χ2n) is 8.04. The van der Waals surface area contributed by atoms with Gasteiger partial charge in [-0.1, -0.05) is 30.3 Å². The van der Waals surface area contributed by atoms with E-state index in [9.17, 15) is 0 Å². The Morgan fingerprint density at radius 2 is 1.97 bits per heavy atom. The first kappa shape index (κ1) is 20.4. The molecule has 0 bridgehead atoms. The molecule has 1 saturated heterocycles. The van der Waals surface area contributed by atoms with Crippen LogP contribution in [0.4, 0.5) is 5.82 Å². The zero-order valence-corrected chi connectivity index (χ0v) is 18.1. The highest BCUT2D eigenvalue weighted by Gasteiger charge is 2.24. The number of aryl methyl sites for hydroxylation is 1. The second kappa shape index (κ2) is 8.96. The van der Waals surface area contributed by atoms with E-state index in [1.54, 1.807) is 6.20 Å². The molecule has 1 aliphatic rings. The van der Waals surface area contributed by atoms with Crippen molar-refractivity contribution in [2.24, 2.45) is 5.92 Å². The minimum absolute atomic E-state index is 0.206. The van der Waals surface area contributed by atoms with Crippen molar-refractivity contribution in [3.63, 3.8) is 0 Å². The predicted octanol–water partition coefficient (Wildman–Crippen LogP) is 3.52. The Morgan fingerprint density at radius 3 is 2.69 bits per heavy atom. The van der Waals surface area contributed by atoms with Crippen LogP contribution in [-0.4, -0.2) is 44.5 Å². The topological polar surface area (TPSA) is 117 Å². The summed E-state index contributed by atoms with van der Waals surface area (Å²) >= 11 is 0. The second-order valence-corrected chi connectivity index (χ2v) is 8.04. The van der Waals surface area contributed by atoms with E-state index < -0.39 is 0 Å². The van der Waals surface area contributed by atoms with Crippen molar-refractivity contribution in [1.29, 1.82) is 0 Å². The Kier molecular flexibility index (Phi) is 5.72. The van der Waals surface area contributed by atoms with Crippen LogP contribution in [0.1, 0.15) is 26.2 Å². The predicted molar refractivity (Wildman–Crippen MR) is 122 cm³/mol. The number of benzene rings is 1. The summed E-state index contributed by atoms with van der Waals surface area (Å²) < 4.78 is 13.2. The van der Waals surface area contributed by atoms with Crippen LogP contribution in [0.2, 0.25) is 0 Å². The molecule has 0 spiro atoms. The maximum Gasteiger partial charge on any atom is 0.199 e. The molecule has 0 radical (unpaired) electrons. The van der Waals surface area contributed by atoms with Gasteiger partial charge in [0.2, 0.25) is 0 Å². The van der Waals surface area contributed by atoms with Crippen LogP contribution < -0.4 is 15.8 Å². The number of nitrogens with one attached hydrogen (secondary N) is 1. The van der Waals surface area contributed by atoms with Gasteiger partial charge in [0.1, 0.15) is 11.0 Å². The van der Waals surface area contributed by atoms with E-state index in [-0.39, 0.29) is 5.82 Å². The van der Waals surface area contributed by atoms with Crippen LogP contribution in [0.25, 0.3) is 33.8 Å². The molecular weight excluding hydrogens is 406 g/mol. The molecule has 5 rings (SSSR count). The summed E-state index contributed by atoms with van der Waals surface area (Å²) in [5.74, 6) is 2.20. The highest BCUT2D eigenvalue weighted by Crippen LogP contribution is 2.36. The number of nitrogens with zero attached hydrogens (tertiary/aromatic N) is 5. The summed E-state index contributed by atoms with van der Waals surface area (Å²) in [6.45, 7) is 5.52. The van der Waals surface area contributed by atoms with Crippen LogP contribution in [0.15, 0.2) is 41.2 Å². The van der Waals surface area contributed by atoms with Gasteiger partial charge in [-0.2, -0.15) is 0 Å². The summed E-state index contributed by atoms with van der Waals surface area (Å²) in [6, 6.07) is 10.0. The van der Waals surface area contributed by atoms with Crippen LogP contribution in [0.5, 0.6) is 5.75 Å². The van der Waals surface area contributed by atoms with E-state index in [2.05, 4.69) is 22.6 Å². The highest BCUT2D eigenvalue weighted by molar-refractivity contribution is 5.95. The van der Waals surface area contributed by atoms with Gasteiger partial charge in [-0.15, -0.1) is 0 Å². The van der Waals surface area contributed by atoms with Gasteiger partial charge in [0.25, 0.3) is 0 Å². The van der Waals surface area contributed by atoms with Crippen molar-refractivity contribution in [3.8, 4) is 28.5 Å². The van der Waals surface area contributed by atoms with Crippen LogP contribution in [-0.2, 0) is 6.54 Å². The quantitative estimate of drug-likeness (QED) is 0.455. The zero-order chi connectivity index (χ0) is 21.9. The van der Waals surface area contributed by atoms with Crippen molar-refractivity contribution >= 4 is 16.9 Å². The number of piperidine rings is 1. The molecule has 9 heteroatoms. The number of fused-ring (bicyclic) bond motifs is 1. The van der Waals surface area contributed by atoms with Gasteiger partial charge in [-0.25, -0.2) is 14.6 Å². The molecule has 4 aromatic rings. The number of nitrogen functional groups attached to an aromatic ring is 1. The number of pyridine rings is 1. The fraction of sp³-hybridized carbons (Fsp3) is 0.391. The Labute approximate surface area is 186 Å². The Morgan fingerprint density at radius 1 is 1.16 bits per heavy atom. The normalized spacial score (nSPS) is 14.8. The number of hydrogen-bond donors (Lipinski definition) is 2. The lowest BCUT2D eigenvalue weighted by Gasteiger charge is -2.22. The van der Waals surface area contributed by atoms with Crippen molar-refractivity contribution < 1.29 is 9.37 Å². The first-order chi connectivity index (χ1) is 15.8. The molecular formula is C23H27N7O2. The third kappa shape index (κ3) is 3.80. The molecule has 1 fully saturated rings. The maximum absolute atomic E-state index is 6.28. The van der Waals surface area contributed by atoms with Crippen molar-refractivity contribution in [2.75, 3.05) is 25.4 Å².